The van der Waals surface area contributed by atoms with E-state index in [0.29, 0.717) is 0 Å². The van der Waals surface area contributed by atoms with Gasteiger partial charge in [-0.3, -0.25) is 0 Å². The molecule has 0 saturated carbocycles. The zero-order valence-electron chi connectivity index (χ0n) is 6.64. The predicted octanol–water partition coefficient (Wildman–Crippen LogP) is -1.45. The molecular weight excluding hydrogens is 180 g/mol. The lowest BCUT2D eigenvalue weighted by Crippen LogP contribution is -2.18. The minimum Gasteiger partial charge on any atom is -0.329 e. The van der Waals surface area contributed by atoms with Crippen LogP contribution < -0.4 is 5.73 Å². The number of nitrogens with zero attached hydrogens (tertiary/aromatic N) is 3. The quantitative estimate of drug-likeness (QED) is 0.629. The molecule has 6 nitrogen and oxygen atoms in total. The summed E-state index contributed by atoms with van der Waals surface area (Å²) in [5.41, 5.74) is 5.13. The first-order valence-corrected chi connectivity index (χ1v) is 5.00. The van der Waals surface area contributed by atoms with Gasteiger partial charge in [-0.05, 0) is 0 Å². The normalized spacial score (nSPS) is 11.8. The first kappa shape index (κ1) is 9.14. The topological polar surface area (TPSA) is 90.9 Å². The fraction of sp³-hybridized carbons (Fsp3) is 0.600. The van der Waals surface area contributed by atoms with E-state index in [1.54, 1.807) is 7.05 Å². The van der Waals surface area contributed by atoms with Gasteiger partial charge < -0.3 is 10.3 Å². The second kappa shape index (κ2) is 3.20. The van der Waals surface area contributed by atoms with E-state index in [1.807, 2.05) is 0 Å². The highest BCUT2D eigenvalue weighted by Crippen LogP contribution is 2.03. The van der Waals surface area contributed by atoms with Crippen LogP contribution in [0.2, 0.25) is 0 Å². The van der Waals surface area contributed by atoms with Crippen LogP contribution in [-0.2, 0) is 16.9 Å². The maximum absolute atomic E-state index is 11.3. The lowest BCUT2D eigenvalue weighted by Gasteiger charge is -1.99. The predicted molar refractivity (Wildman–Crippen MR) is 42.1 cm³/mol. The first-order valence-electron chi connectivity index (χ1n) is 3.35. The highest BCUT2D eigenvalue weighted by molar-refractivity contribution is 7.91. The monoisotopic (exact) mass is 190 g/mol. The number of sulfone groups is 1. The Balaban J connectivity index is 3.06. The van der Waals surface area contributed by atoms with Crippen molar-refractivity contribution in [3.63, 3.8) is 0 Å². The van der Waals surface area contributed by atoms with Gasteiger partial charge in [0.15, 0.2) is 0 Å². The lowest BCUT2D eigenvalue weighted by molar-refractivity contribution is 0.578. The van der Waals surface area contributed by atoms with Gasteiger partial charge in [0.05, 0.1) is 5.75 Å². The Hall–Kier alpha value is -0.950. The van der Waals surface area contributed by atoms with E-state index >= 15 is 0 Å². The molecule has 0 aromatic carbocycles. The molecule has 0 aliphatic heterocycles. The fourth-order valence-electron chi connectivity index (χ4n) is 0.801. The van der Waals surface area contributed by atoms with Crippen molar-refractivity contribution in [3.05, 3.63) is 6.33 Å². The second-order valence-corrected chi connectivity index (χ2v) is 4.33. The molecule has 7 heteroatoms. The molecule has 0 saturated heterocycles. The lowest BCUT2D eigenvalue weighted by atomic mass is 10.8. The van der Waals surface area contributed by atoms with E-state index in [4.69, 9.17) is 5.73 Å². The van der Waals surface area contributed by atoms with E-state index in [1.165, 1.54) is 10.9 Å². The Kier molecular flexibility index (Phi) is 2.43. The summed E-state index contributed by atoms with van der Waals surface area (Å²) in [5, 5.41) is 6.90. The summed E-state index contributed by atoms with van der Waals surface area (Å²) in [6, 6.07) is 0. The van der Waals surface area contributed by atoms with Crippen LogP contribution in [0.25, 0.3) is 0 Å². The van der Waals surface area contributed by atoms with Crippen molar-refractivity contribution in [1.29, 1.82) is 0 Å². The minimum absolute atomic E-state index is 0.0343. The molecule has 1 aromatic rings. The largest absolute Gasteiger partial charge is 0.329 e. The third kappa shape index (κ3) is 1.62. The van der Waals surface area contributed by atoms with Crippen LogP contribution >= 0.6 is 0 Å². The van der Waals surface area contributed by atoms with Crippen molar-refractivity contribution in [2.24, 2.45) is 12.8 Å². The van der Waals surface area contributed by atoms with Crippen LogP contribution in [0.15, 0.2) is 11.5 Å². The van der Waals surface area contributed by atoms with Gasteiger partial charge in [-0.25, -0.2) is 8.42 Å². The van der Waals surface area contributed by atoms with Crippen LogP contribution in [0.4, 0.5) is 0 Å². The third-order valence-corrected chi connectivity index (χ3v) is 3.03. The standard InChI is InChI=1S/C5H10N4O2S/c1-9-4-7-8-5(9)12(10,11)3-2-6/h4H,2-3,6H2,1H3. The molecule has 12 heavy (non-hydrogen) atoms. The van der Waals surface area contributed by atoms with Gasteiger partial charge in [0.1, 0.15) is 6.33 Å². The molecule has 1 aromatic heterocycles. The number of rotatable bonds is 3. The van der Waals surface area contributed by atoms with Crippen molar-refractivity contribution in [2.75, 3.05) is 12.3 Å². The summed E-state index contributed by atoms with van der Waals surface area (Å²) in [7, 11) is -1.76. The molecule has 0 unspecified atom stereocenters. The summed E-state index contributed by atoms with van der Waals surface area (Å²) in [6.45, 7) is 0.0925. The molecule has 0 atom stereocenters. The number of hydrogen-bond acceptors (Lipinski definition) is 5. The van der Waals surface area contributed by atoms with Crippen LogP contribution in [0.3, 0.4) is 0 Å². The van der Waals surface area contributed by atoms with E-state index in [-0.39, 0.29) is 17.5 Å². The van der Waals surface area contributed by atoms with Crippen LogP contribution in [0.1, 0.15) is 0 Å². The average Bonchev–Trinajstić information content (AvgIpc) is 2.35. The molecule has 2 N–H and O–H groups in total. The van der Waals surface area contributed by atoms with Crippen molar-refractivity contribution in [2.45, 2.75) is 5.16 Å². The smallest absolute Gasteiger partial charge is 0.249 e. The van der Waals surface area contributed by atoms with E-state index in [2.05, 4.69) is 10.2 Å². The Morgan fingerprint density at radius 1 is 1.67 bits per heavy atom. The molecular formula is C5H10N4O2S. The van der Waals surface area contributed by atoms with E-state index in [9.17, 15) is 8.42 Å². The molecule has 0 fully saturated rings. The van der Waals surface area contributed by atoms with Crippen molar-refractivity contribution in [3.8, 4) is 0 Å². The maximum atomic E-state index is 11.3. The average molecular weight is 190 g/mol. The molecule has 1 heterocycles. The van der Waals surface area contributed by atoms with Crippen molar-refractivity contribution < 1.29 is 8.42 Å². The molecule has 0 radical (unpaired) electrons. The molecule has 0 spiro atoms. The Labute approximate surface area is 70.3 Å². The van der Waals surface area contributed by atoms with Gasteiger partial charge in [-0.2, -0.15) is 0 Å². The second-order valence-electron chi connectivity index (χ2n) is 2.33. The number of aromatic nitrogens is 3. The van der Waals surface area contributed by atoms with Crippen molar-refractivity contribution in [1.82, 2.24) is 14.8 Å². The van der Waals surface area contributed by atoms with Crippen LogP contribution in [-0.4, -0.2) is 35.5 Å². The zero-order valence-corrected chi connectivity index (χ0v) is 7.45. The van der Waals surface area contributed by atoms with Crippen LogP contribution in [0, 0.1) is 0 Å². The van der Waals surface area contributed by atoms with Gasteiger partial charge >= 0.3 is 0 Å². The summed E-state index contributed by atoms with van der Waals surface area (Å²) >= 11 is 0. The molecule has 68 valence electrons. The maximum Gasteiger partial charge on any atom is 0.249 e. The van der Waals surface area contributed by atoms with Gasteiger partial charge in [0, 0.05) is 13.6 Å². The highest BCUT2D eigenvalue weighted by atomic mass is 32.2. The number of nitrogens with two attached hydrogens (primary N) is 1. The molecule has 0 aliphatic carbocycles. The van der Waals surface area contributed by atoms with Crippen LogP contribution in [0.5, 0.6) is 0 Å². The van der Waals surface area contributed by atoms with Gasteiger partial charge in [-0.15, -0.1) is 10.2 Å². The highest BCUT2D eigenvalue weighted by Gasteiger charge is 2.18. The summed E-state index contributed by atoms with van der Waals surface area (Å²) in [5.74, 6) is -0.0977. The summed E-state index contributed by atoms with van der Waals surface area (Å²) < 4.78 is 24.0. The number of hydrogen-bond donors (Lipinski definition) is 1. The summed E-state index contributed by atoms with van der Waals surface area (Å²) in [4.78, 5) is 0. The van der Waals surface area contributed by atoms with Crippen molar-refractivity contribution >= 4 is 9.84 Å². The Morgan fingerprint density at radius 3 is 2.75 bits per heavy atom. The molecule has 0 amide bonds. The van der Waals surface area contributed by atoms with Gasteiger partial charge in [-0.1, -0.05) is 0 Å². The number of aryl methyl sites for hydroxylation is 1. The van der Waals surface area contributed by atoms with E-state index < -0.39 is 9.84 Å². The minimum atomic E-state index is -3.33. The molecule has 1 rings (SSSR count). The first-order chi connectivity index (χ1) is 5.58. The Bertz CT molecular complexity index is 355. The summed E-state index contributed by atoms with van der Waals surface area (Å²) in [6.07, 6.45) is 1.34. The zero-order chi connectivity index (χ0) is 9.19. The molecule has 0 aliphatic rings. The van der Waals surface area contributed by atoms with Gasteiger partial charge in [0.25, 0.3) is 0 Å². The SMILES string of the molecule is Cn1cnnc1S(=O)(=O)CCN. The Morgan fingerprint density at radius 2 is 2.33 bits per heavy atom. The van der Waals surface area contributed by atoms with E-state index in [0.717, 1.165) is 0 Å². The third-order valence-electron chi connectivity index (χ3n) is 1.33. The molecule has 0 bridgehead atoms. The van der Waals surface area contributed by atoms with Gasteiger partial charge in [0.2, 0.25) is 15.0 Å². The fourth-order valence-corrected chi connectivity index (χ4v) is 1.95.